The van der Waals surface area contributed by atoms with Crippen LogP contribution in [0, 0.1) is 5.92 Å². The first-order chi connectivity index (χ1) is 13.9. The molecule has 6 nitrogen and oxygen atoms in total. The highest BCUT2D eigenvalue weighted by atomic mass is 16.5. The van der Waals surface area contributed by atoms with Gasteiger partial charge in [-0.25, -0.2) is 0 Å². The van der Waals surface area contributed by atoms with E-state index in [-0.39, 0.29) is 53.7 Å². The van der Waals surface area contributed by atoms with Crippen LogP contribution in [-0.4, -0.2) is 35.4 Å². The van der Waals surface area contributed by atoms with Crippen LogP contribution in [0.2, 0.25) is 0 Å². The van der Waals surface area contributed by atoms with E-state index in [0.717, 1.165) is 0 Å². The molecule has 3 rings (SSSR count). The molecular formula is C23H24O6. The summed E-state index contributed by atoms with van der Waals surface area (Å²) in [5.74, 6) is -0.389. The Morgan fingerprint density at radius 3 is 2.72 bits per heavy atom. The molecular weight excluding hydrogens is 372 g/mol. The summed E-state index contributed by atoms with van der Waals surface area (Å²) in [5, 5.41) is 9.91. The van der Waals surface area contributed by atoms with Gasteiger partial charge in [0.25, 0.3) is 0 Å². The summed E-state index contributed by atoms with van der Waals surface area (Å²) in [5.41, 5.74) is 0.859. The van der Waals surface area contributed by atoms with E-state index in [2.05, 4.69) is 0 Å². The number of ether oxygens (including phenoxy) is 2. The van der Waals surface area contributed by atoms with Crippen molar-refractivity contribution in [3.8, 4) is 11.5 Å². The van der Waals surface area contributed by atoms with Crippen LogP contribution in [0.3, 0.4) is 0 Å². The minimum absolute atomic E-state index is 0.000851. The third kappa shape index (κ3) is 4.65. The molecule has 0 fully saturated rings. The number of rotatable bonds is 7. The van der Waals surface area contributed by atoms with Crippen LogP contribution >= 0.6 is 0 Å². The van der Waals surface area contributed by atoms with Gasteiger partial charge >= 0.3 is 5.97 Å². The van der Waals surface area contributed by atoms with Crippen molar-refractivity contribution < 1.29 is 29.0 Å². The van der Waals surface area contributed by atoms with Crippen LogP contribution in [0.15, 0.2) is 42.5 Å². The van der Waals surface area contributed by atoms with E-state index in [9.17, 15) is 19.5 Å². The number of Topliss-reactive ketones (excluding diaryl/α,β-unsaturated/α-hetero) is 1. The highest BCUT2D eigenvalue weighted by Crippen LogP contribution is 2.33. The molecule has 0 radical (unpaired) electrons. The average molecular weight is 396 g/mol. The molecule has 0 aromatic heterocycles. The number of phenols is 1. The second kappa shape index (κ2) is 8.90. The Morgan fingerprint density at radius 2 is 2.00 bits per heavy atom. The van der Waals surface area contributed by atoms with Gasteiger partial charge in [-0.1, -0.05) is 19.1 Å². The smallest absolute Gasteiger partial charge is 0.305 e. The minimum atomic E-state index is -0.358. The van der Waals surface area contributed by atoms with Crippen molar-refractivity contribution in [1.82, 2.24) is 0 Å². The molecule has 0 saturated carbocycles. The molecule has 1 aliphatic rings. The van der Waals surface area contributed by atoms with Crippen LogP contribution in [0.1, 0.15) is 59.4 Å². The van der Waals surface area contributed by atoms with Crippen molar-refractivity contribution in [1.29, 1.82) is 0 Å². The first-order valence-corrected chi connectivity index (χ1v) is 9.73. The van der Waals surface area contributed by atoms with E-state index < -0.39 is 0 Å². The predicted octanol–water partition coefficient (Wildman–Crippen LogP) is 3.94. The SMILES string of the molecule is CCOC(=O)CCC(C)C1CC(=O)c2cc(C(=O)c3ccccc3O)ccc2O1. The van der Waals surface area contributed by atoms with Crippen LogP contribution in [0.25, 0.3) is 0 Å². The van der Waals surface area contributed by atoms with E-state index in [1.54, 1.807) is 31.2 Å². The molecule has 0 bridgehead atoms. The van der Waals surface area contributed by atoms with Crippen molar-refractivity contribution in [2.45, 2.75) is 39.2 Å². The highest BCUT2D eigenvalue weighted by molar-refractivity contribution is 6.12. The second-order valence-electron chi connectivity index (χ2n) is 7.16. The highest BCUT2D eigenvalue weighted by Gasteiger charge is 2.31. The molecule has 0 saturated heterocycles. The zero-order chi connectivity index (χ0) is 21.0. The van der Waals surface area contributed by atoms with Gasteiger partial charge in [-0.15, -0.1) is 0 Å². The predicted molar refractivity (Wildman–Crippen MR) is 106 cm³/mol. The van der Waals surface area contributed by atoms with Gasteiger partial charge in [0, 0.05) is 18.4 Å². The minimum Gasteiger partial charge on any atom is -0.507 e. The summed E-state index contributed by atoms with van der Waals surface area (Å²) < 4.78 is 10.9. The first kappa shape index (κ1) is 20.6. The summed E-state index contributed by atoms with van der Waals surface area (Å²) in [4.78, 5) is 36.9. The fraction of sp³-hybridized carbons (Fsp3) is 0.348. The number of hydrogen-bond acceptors (Lipinski definition) is 6. The van der Waals surface area contributed by atoms with Crippen LogP contribution in [0.4, 0.5) is 0 Å². The lowest BCUT2D eigenvalue weighted by atomic mass is 9.89. The van der Waals surface area contributed by atoms with Crippen molar-refractivity contribution in [2.75, 3.05) is 6.61 Å². The maximum Gasteiger partial charge on any atom is 0.305 e. The fourth-order valence-corrected chi connectivity index (χ4v) is 3.39. The Bertz CT molecular complexity index is 933. The third-order valence-electron chi connectivity index (χ3n) is 5.10. The summed E-state index contributed by atoms with van der Waals surface area (Å²) in [6, 6.07) is 11.0. The summed E-state index contributed by atoms with van der Waals surface area (Å²) in [6.07, 6.45) is 0.703. The Hall–Kier alpha value is -3.15. The topological polar surface area (TPSA) is 89.9 Å². The number of aromatic hydroxyl groups is 1. The molecule has 2 atom stereocenters. The van der Waals surface area contributed by atoms with E-state index in [4.69, 9.17) is 9.47 Å². The Kier molecular flexibility index (Phi) is 6.32. The number of esters is 1. The van der Waals surface area contributed by atoms with Gasteiger partial charge in [0.05, 0.1) is 17.7 Å². The zero-order valence-corrected chi connectivity index (χ0v) is 16.5. The molecule has 0 spiro atoms. The van der Waals surface area contributed by atoms with Gasteiger partial charge in [-0.05, 0) is 49.6 Å². The number of hydrogen-bond donors (Lipinski definition) is 1. The normalized spacial score (nSPS) is 16.5. The number of phenolic OH excluding ortho intramolecular Hbond substituents is 1. The second-order valence-corrected chi connectivity index (χ2v) is 7.16. The Labute approximate surface area is 169 Å². The van der Waals surface area contributed by atoms with Crippen molar-refractivity contribution >= 4 is 17.5 Å². The molecule has 152 valence electrons. The lowest BCUT2D eigenvalue weighted by Crippen LogP contribution is -2.33. The average Bonchev–Trinajstić information content (AvgIpc) is 2.72. The Balaban J connectivity index is 1.74. The Morgan fingerprint density at radius 1 is 1.24 bits per heavy atom. The van der Waals surface area contributed by atoms with Crippen molar-refractivity contribution in [3.05, 3.63) is 59.2 Å². The fourth-order valence-electron chi connectivity index (χ4n) is 3.39. The van der Waals surface area contributed by atoms with Crippen molar-refractivity contribution in [2.24, 2.45) is 5.92 Å². The molecule has 29 heavy (non-hydrogen) atoms. The molecule has 1 N–H and O–H groups in total. The van der Waals surface area contributed by atoms with E-state index in [1.165, 1.54) is 18.2 Å². The van der Waals surface area contributed by atoms with Crippen LogP contribution < -0.4 is 4.74 Å². The monoisotopic (exact) mass is 396 g/mol. The third-order valence-corrected chi connectivity index (χ3v) is 5.10. The van der Waals surface area contributed by atoms with Gasteiger partial charge in [0.1, 0.15) is 17.6 Å². The van der Waals surface area contributed by atoms with E-state index >= 15 is 0 Å². The number of ketones is 2. The van der Waals surface area contributed by atoms with Gasteiger partial charge in [-0.3, -0.25) is 14.4 Å². The number of para-hydroxylation sites is 1. The van der Waals surface area contributed by atoms with E-state index in [0.29, 0.717) is 29.9 Å². The van der Waals surface area contributed by atoms with E-state index in [1.807, 2.05) is 6.92 Å². The molecule has 0 aliphatic carbocycles. The lowest BCUT2D eigenvalue weighted by molar-refractivity contribution is -0.143. The number of fused-ring (bicyclic) bond motifs is 1. The molecule has 0 amide bonds. The maximum absolute atomic E-state index is 12.7. The zero-order valence-electron chi connectivity index (χ0n) is 16.5. The summed E-state index contributed by atoms with van der Waals surface area (Å²) >= 11 is 0. The standard InChI is InChI=1S/C23H24O6/c1-3-28-22(26)11-8-14(2)21-13-19(25)17-12-15(9-10-20(17)29-21)23(27)16-6-4-5-7-18(16)24/h4-7,9-10,12,14,21,24H,3,8,11,13H2,1-2H3. The molecule has 1 aliphatic heterocycles. The van der Waals surface area contributed by atoms with Crippen LogP contribution in [-0.2, 0) is 9.53 Å². The van der Waals surface area contributed by atoms with Gasteiger partial charge < -0.3 is 14.6 Å². The van der Waals surface area contributed by atoms with Gasteiger partial charge in [-0.2, -0.15) is 0 Å². The molecule has 2 aromatic carbocycles. The number of benzene rings is 2. The maximum atomic E-state index is 12.7. The molecule has 2 unspecified atom stereocenters. The summed E-state index contributed by atoms with van der Waals surface area (Å²) in [6.45, 7) is 4.05. The molecule has 2 aromatic rings. The first-order valence-electron chi connectivity index (χ1n) is 9.73. The van der Waals surface area contributed by atoms with Gasteiger partial charge in [0.15, 0.2) is 11.6 Å². The molecule has 6 heteroatoms. The van der Waals surface area contributed by atoms with Crippen LogP contribution in [0.5, 0.6) is 11.5 Å². The quantitative estimate of drug-likeness (QED) is 0.563. The van der Waals surface area contributed by atoms with Gasteiger partial charge in [0.2, 0.25) is 0 Å². The number of carbonyl (C=O) groups excluding carboxylic acids is 3. The largest absolute Gasteiger partial charge is 0.507 e. The molecule has 1 heterocycles. The lowest BCUT2D eigenvalue weighted by Gasteiger charge is -2.29. The number of carbonyl (C=O) groups is 3. The van der Waals surface area contributed by atoms with Crippen molar-refractivity contribution in [3.63, 3.8) is 0 Å². The summed E-state index contributed by atoms with van der Waals surface area (Å²) in [7, 11) is 0.